The topological polar surface area (TPSA) is 58.6 Å². The second kappa shape index (κ2) is 13.2. The van der Waals surface area contributed by atoms with Gasteiger partial charge < -0.3 is 15.0 Å². The fourth-order valence-corrected chi connectivity index (χ4v) is 4.63. The fraction of sp³-hybridized carbons (Fsp3) is 0.517. The van der Waals surface area contributed by atoms with E-state index in [1.54, 1.807) is 4.90 Å². The molecular formula is C29H40N2O3. The lowest BCUT2D eigenvalue weighted by Crippen LogP contribution is -2.51. The first-order chi connectivity index (χ1) is 16.5. The minimum Gasteiger partial charge on any atom is -0.494 e. The van der Waals surface area contributed by atoms with E-state index in [2.05, 4.69) is 18.3 Å². The molecule has 34 heavy (non-hydrogen) atoms. The van der Waals surface area contributed by atoms with Crippen molar-refractivity contribution in [3.63, 3.8) is 0 Å². The van der Waals surface area contributed by atoms with Gasteiger partial charge in [0.1, 0.15) is 11.8 Å². The summed E-state index contributed by atoms with van der Waals surface area (Å²) in [6.07, 6.45) is 7.18. The molecule has 1 fully saturated rings. The van der Waals surface area contributed by atoms with E-state index in [4.69, 9.17) is 4.74 Å². The van der Waals surface area contributed by atoms with Crippen LogP contribution < -0.4 is 10.1 Å². The lowest BCUT2D eigenvalue weighted by Gasteiger charge is -2.33. The molecule has 0 aromatic heterocycles. The summed E-state index contributed by atoms with van der Waals surface area (Å²) in [5.41, 5.74) is 3.40. The van der Waals surface area contributed by atoms with Crippen LogP contribution in [0.25, 0.3) is 0 Å². The molecule has 2 amide bonds. The molecule has 1 aliphatic carbocycles. The molecule has 0 bridgehead atoms. The maximum atomic E-state index is 13.4. The molecule has 1 aliphatic rings. The van der Waals surface area contributed by atoms with E-state index in [1.807, 2.05) is 56.3 Å². The van der Waals surface area contributed by atoms with Crippen molar-refractivity contribution in [2.75, 3.05) is 6.61 Å². The van der Waals surface area contributed by atoms with Crippen molar-refractivity contribution in [3.05, 3.63) is 65.2 Å². The highest BCUT2D eigenvalue weighted by atomic mass is 16.5. The zero-order chi connectivity index (χ0) is 24.3. The van der Waals surface area contributed by atoms with E-state index in [-0.39, 0.29) is 17.9 Å². The molecule has 0 spiro atoms. The largest absolute Gasteiger partial charge is 0.494 e. The Morgan fingerprint density at radius 1 is 1.03 bits per heavy atom. The molecule has 1 saturated carbocycles. The Morgan fingerprint density at radius 2 is 1.74 bits per heavy atom. The number of aryl methyl sites for hydroxylation is 2. The summed E-state index contributed by atoms with van der Waals surface area (Å²) in [4.78, 5) is 28.5. The summed E-state index contributed by atoms with van der Waals surface area (Å²) < 4.78 is 5.81. The molecule has 0 radical (unpaired) electrons. The minimum atomic E-state index is -0.466. The Kier molecular flexibility index (Phi) is 9.99. The van der Waals surface area contributed by atoms with Gasteiger partial charge >= 0.3 is 0 Å². The number of amides is 2. The fourth-order valence-electron chi connectivity index (χ4n) is 4.63. The zero-order valence-corrected chi connectivity index (χ0v) is 21.0. The van der Waals surface area contributed by atoms with Crippen molar-refractivity contribution >= 4 is 11.8 Å². The summed E-state index contributed by atoms with van der Waals surface area (Å²) in [6.45, 7) is 7.00. The molecule has 184 valence electrons. The van der Waals surface area contributed by atoms with Crippen LogP contribution in [-0.4, -0.2) is 35.4 Å². The third-order valence-corrected chi connectivity index (χ3v) is 6.76. The van der Waals surface area contributed by atoms with Crippen molar-refractivity contribution in [1.29, 1.82) is 0 Å². The Labute approximate surface area is 204 Å². The van der Waals surface area contributed by atoms with Gasteiger partial charge in [-0.2, -0.15) is 0 Å². The van der Waals surface area contributed by atoms with Crippen molar-refractivity contribution in [2.24, 2.45) is 0 Å². The van der Waals surface area contributed by atoms with Crippen molar-refractivity contribution < 1.29 is 14.3 Å². The van der Waals surface area contributed by atoms with E-state index in [0.717, 1.165) is 42.6 Å². The maximum Gasteiger partial charge on any atom is 0.243 e. The second-order valence-electron chi connectivity index (χ2n) is 9.48. The summed E-state index contributed by atoms with van der Waals surface area (Å²) in [5.74, 6) is 0.793. The summed E-state index contributed by atoms with van der Waals surface area (Å²) in [5, 5.41) is 3.24. The molecule has 0 aliphatic heterocycles. The first-order valence-electron chi connectivity index (χ1n) is 12.8. The van der Waals surface area contributed by atoms with Gasteiger partial charge in [-0.05, 0) is 62.8 Å². The highest BCUT2D eigenvalue weighted by Gasteiger charge is 2.30. The van der Waals surface area contributed by atoms with Crippen molar-refractivity contribution in [1.82, 2.24) is 10.2 Å². The number of hydrogen-bond donors (Lipinski definition) is 1. The van der Waals surface area contributed by atoms with Crippen LogP contribution in [0.5, 0.6) is 5.75 Å². The average Bonchev–Trinajstić information content (AvgIpc) is 2.84. The lowest BCUT2D eigenvalue weighted by atomic mass is 9.95. The number of benzene rings is 2. The van der Waals surface area contributed by atoms with Gasteiger partial charge in [0.05, 0.1) is 6.61 Å². The van der Waals surface area contributed by atoms with Crippen LogP contribution in [-0.2, 0) is 16.1 Å². The van der Waals surface area contributed by atoms with Crippen LogP contribution in [0.3, 0.4) is 0 Å². The summed E-state index contributed by atoms with van der Waals surface area (Å²) >= 11 is 0. The average molecular weight is 465 g/mol. The molecule has 2 aromatic rings. The van der Waals surface area contributed by atoms with Crippen LogP contribution in [0, 0.1) is 13.8 Å². The molecule has 3 rings (SSSR count). The molecule has 1 N–H and O–H groups in total. The van der Waals surface area contributed by atoms with Gasteiger partial charge in [0.2, 0.25) is 11.8 Å². The predicted octanol–water partition coefficient (Wildman–Crippen LogP) is 5.72. The molecule has 0 heterocycles. The molecule has 5 heteroatoms. The molecule has 0 unspecified atom stereocenters. The zero-order valence-electron chi connectivity index (χ0n) is 21.0. The normalized spacial score (nSPS) is 14.9. The van der Waals surface area contributed by atoms with Gasteiger partial charge in [0.15, 0.2) is 0 Å². The number of hydrogen-bond acceptors (Lipinski definition) is 3. The van der Waals surface area contributed by atoms with Gasteiger partial charge in [-0.25, -0.2) is 0 Å². The number of nitrogens with one attached hydrogen (secondary N) is 1. The maximum absolute atomic E-state index is 13.4. The van der Waals surface area contributed by atoms with Gasteiger partial charge in [0.25, 0.3) is 0 Å². The SMILES string of the molecule is CC[C@@H](C(=O)NC1CCCCC1)N(Cc1ccccc1C)C(=O)CCCOc1ccc(C)cc1. The van der Waals surface area contributed by atoms with Gasteiger partial charge in [0, 0.05) is 19.0 Å². The lowest BCUT2D eigenvalue weighted by molar-refractivity contribution is -0.142. The standard InChI is InChI=1S/C29H40N2O3/c1-4-27(29(33)30-25-13-6-5-7-14-25)31(21-24-12-9-8-11-23(24)3)28(32)15-10-20-34-26-18-16-22(2)17-19-26/h8-9,11-12,16-19,25,27H,4-7,10,13-15,20-21H2,1-3H3,(H,30,33)/t27-/m0/s1. The second-order valence-corrected chi connectivity index (χ2v) is 9.48. The highest BCUT2D eigenvalue weighted by Crippen LogP contribution is 2.20. The number of nitrogens with zero attached hydrogens (tertiary/aromatic N) is 1. The third-order valence-electron chi connectivity index (χ3n) is 6.76. The molecule has 1 atom stereocenters. The van der Waals surface area contributed by atoms with E-state index in [0.29, 0.717) is 32.4 Å². The van der Waals surface area contributed by atoms with Crippen LogP contribution in [0.4, 0.5) is 0 Å². The molecular weight excluding hydrogens is 424 g/mol. The van der Waals surface area contributed by atoms with E-state index < -0.39 is 6.04 Å². The smallest absolute Gasteiger partial charge is 0.243 e. The Balaban J connectivity index is 1.65. The molecule has 2 aromatic carbocycles. The number of carbonyl (C=O) groups is 2. The van der Waals surface area contributed by atoms with Gasteiger partial charge in [-0.1, -0.05) is 68.1 Å². The third kappa shape index (κ3) is 7.61. The summed E-state index contributed by atoms with van der Waals surface area (Å²) in [7, 11) is 0. The Bertz CT molecular complexity index is 919. The first-order valence-corrected chi connectivity index (χ1v) is 12.8. The van der Waals surface area contributed by atoms with Crippen molar-refractivity contribution in [2.45, 2.75) is 90.8 Å². The molecule has 5 nitrogen and oxygen atoms in total. The number of carbonyl (C=O) groups excluding carboxylic acids is 2. The summed E-state index contributed by atoms with van der Waals surface area (Å²) in [6, 6.07) is 15.8. The number of ether oxygens (including phenoxy) is 1. The van der Waals surface area contributed by atoms with Crippen LogP contribution >= 0.6 is 0 Å². The minimum absolute atomic E-state index is 0.00130. The quantitative estimate of drug-likeness (QED) is 0.433. The van der Waals surface area contributed by atoms with Gasteiger partial charge in [-0.15, -0.1) is 0 Å². The number of rotatable bonds is 11. The van der Waals surface area contributed by atoms with Crippen LogP contribution in [0.2, 0.25) is 0 Å². The Hall–Kier alpha value is -2.82. The first kappa shape index (κ1) is 25.8. The van der Waals surface area contributed by atoms with Crippen molar-refractivity contribution in [3.8, 4) is 5.75 Å². The molecule has 0 saturated heterocycles. The van der Waals surface area contributed by atoms with Gasteiger partial charge in [-0.3, -0.25) is 9.59 Å². The Morgan fingerprint density at radius 3 is 2.41 bits per heavy atom. The monoisotopic (exact) mass is 464 g/mol. The van der Waals surface area contributed by atoms with E-state index in [9.17, 15) is 9.59 Å². The van der Waals surface area contributed by atoms with Crippen LogP contribution in [0.1, 0.15) is 75.0 Å². The van der Waals surface area contributed by atoms with E-state index in [1.165, 1.54) is 12.0 Å². The van der Waals surface area contributed by atoms with E-state index >= 15 is 0 Å². The van der Waals surface area contributed by atoms with Crippen LogP contribution in [0.15, 0.2) is 48.5 Å². The predicted molar refractivity (Wildman–Crippen MR) is 137 cm³/mol. The highest BCUT2D eigenvalue weighted by molar-refractivity contribution is 5.87.